The smallest absolute Gasteiger partial charge is 0.263 e. The van der Waals surface area contributed by atoms with Gasteiger partial charge in [-0.05, 0) is 43.5 Å². The zero-order valence-corrected chi connectivity index (χ0v) is 15.3. The summed E-state index contributed by atoms with van der Waals surface area (Å²) < 4.78 is 0. The summed E-state index contributed by atoms with van der Waals surface area (Å²) >= 11 is 1.48. The molecule has 5 heteroatoms. The van der Waals surface area contributed by atoms with E-state index >= 15 is 0 Å². The Morgan fingerprint density at radius 3 is 2.64 bits per heavy atom. The summed E-state index contributed by atoms with van der Waals surface area (Å²) in [5.74, 6) is -0.0534. The number of hydrogen-bond acceptors (Lipinski definition) is 4. The van der Waals surface area contributed by atoms with Crippen molar-refractivity contribution in [3.8, 4) is 0 Å². The molecule has 0 aliphatic carbocycles. The van der Waals surface area contributed by atoms with E-state index in [-0.39, 0.29) is 5.91 Å². The van der Waals surface area contributed by atoms with Crippen LogP contribution in [0.2, 0.25) is 0 Å². The first-order valence-electron chi connectivity index (χ1n) is 8.32. The van der Waals surface area contributed by atoms with Crippen LogP contribution in [-0.4, -0.2) is 15.9 Å². The van der Waals surface area contributed by atoms with E-state index in [2.05, 4.69) is 28.3 Å². The second-order valence-corrected chi connectivity index (χ2v) is 7.04. The molecule has 0 bridgehead atoms. The SMILES string of the molecule is Cc1ccccc1CNC(=O)c1sc(CCc2ccccn2)nc1C. The second-order valence-electron chi connectivity index (χ2n) is 5.95. The molecule has 1 aromatic carbocycles. The maximum atomic E-state index is 12.5. The van der Waals surface area contributed by atoms with Crippen molar-refractivity contribution in [1.82, 2.24) is 15.3 Å². The van der Waals surface area contributed by atoms with Crippen LogP contribution in [0.4, 0.5) is 0 Å². The van der Waals surface area contributed by atoms with Crippen molar-refractivity contribution < 1.29 is 4.79 Å². The van der Waals surface area contributed by atoms with Crippen LogP contribution in [0.5, 0.6) is 0 Å². The van der Waals surface area contributed by atoms with Gasteiger partial charge in [0.1, 0.15) is 4.88 Å². The molecule has 2 aromatic heterocycles. The van der Waals surface area contributed by atoms with Crippen molar-refractivity contribution in [2.45, 2.75) is 33.2 Å². The molecule has 0 atom stereocenters. The molecule has 128 valence electrons. The van der Waals surface area contributed by atoms with Gasteiger partial charge < -0.3 is 5.32 Å². The van der Waals surface area contributed by atoms with E-state index in [1.807, 2.05) is 43.3 Å². The molecular formula is C20H21N3OS. The van der Waals surface area contributed by atoms with E-state index in [0.717, 1.165) is 34.8 Å². The molecule has 0 saturated carbocycles. The first-order valence-corrected chi connectivity index (χ1v) is 9.14. The summed E-state index contributed by atoms with van der Waals surface area (Å²) in [6.07, 6.45) is 3.43. The summed E-state index contributed by atoms with van der Waals surface area (Å²) in [6.45, 7) is 4.48. The van der Waals surface area contributed by atoms with Crippen molar-refractivity contribution in [1.29, 1.82) is 0 Å². The molecule has 0 saturated heterocycles. The lowest BCUT2D eigenvalue weighted by Gasteiger charge is -2.07. The minimum atomic E-state index is -0.0534. The maximum Gasteiger partial charge on any atom is 0.263 e. The van der Waals surface area contributed by atoms with E-state index in [1.165, 1.54) is 16.9 Å². The fourth-order valence-corrected chi connectivity index (χ4v) is 3.60. The molecule has 3 aromatic rings. The fourth-order valence-electron chi connectivity index (χ4n) is 2.62. The monoisotopic (exact) mass is 351 g/mol. The zero-order valence-electron chi connectivity index (χ0n) is 14.5. The predicted molar refractivity (Wildman–Crippen MR) is 101 cm³/mol. The van der Waals surface area contributed by atoms with Crippen LogP contribution in [0.25, 0.3) is 0 Å². The molecular weight excluding hydrogens is 330 g/mol. The number of amides is 1. The average Bonchev–Trinajstić information content (AvgIpc) is 3.01. The Balaban J connectivity index is 1.61. The number of rotatable bonds is 6. The Kier molecular flexibility index (Phi) is 5.56. The normalized spacial score (nSPS) is 10.6. The molecule has 4 nitrogen and oxygen atoms in total. The van der Waals surface area contributed by atoms with E-state index < -0.39 is 0 Å². The van der Waals surface area contributed by atoms with Gasteiger partial charge in [-0.2, -0.15) is 0 Å². The Hall–Kier alpha value is -2.53. The number of nitrogens with one attached hydrogen (secondary N) is 1. The average molecular weight is 351 g/mol. The van der Waals surface area contributed by atoms with Gasteiger partial charge in [0.05, 0.1) is 10.7 Å². The van der Waals surface area contributed by atoms with E-state index in [1.54, 1.807) is 6.20 Å². The van der Waals surface area contributed by atoms with E-state index in [0.29, 0.717) is 11.4 Å². The lowest BCUT2D eigenvalue weighted by Crippen LogP contribution is -2.22. The zero-order chi connectivity index (χ0) is 17.6. The minimum Gasteiger partial charge on any atom is -0.347 e. The van der Waals surface area contributed by atoms with E-state index in [9.17, 15) is 4.79 Å². The number of pyridine rings is 1. The number of aromatic nitrogens is 2. The van der Waals surface area contributed by atoms with Crippen LogP contribution >= 0.6 is 11.3 Å². The number of aryl methyl sites for hydroxylation is 4. The highest BCUT2D eigenvalue weighted by Crippen LogP contribution is 2.20. The van der Waals surface area contributed by atoms with Crippen LogP contribution in [0.15, 0.2) is 48.7 Å². The Morgan fingerprint density at radius 2 is 1.88 bits per heavy atom. The van der Waals surface area contributed by atoms with Crippen molar-refractivity contribution in [2.75, 3.05) is 0 Å². The largest absolute Gasteiger partial charge is 0.347 e. The molecule has 0 fully saturated rings. The highest BCUT2D eigenvalue weighted by molar-refractivity contribution is 7.13. The molecule has 1 amide bonds. The molecule has 1 N–H and O–H groups in total. The van der Waals surface area contributed by atoms with Gasteiger partial charge in [0.2, 0.25) is 0 Å². The third-order valence-corrected chi connectivity index (χ3v) is 5.28. The van der Waals surface area contributed by atoms with Gasteiger partial charge in [-0.1, -0.05) is 30.3 Å². The minimum absolute atomic E-state index is 0.0534. The molecule has 0 aliphatic rings. The van der Waals surface area contributed by atoms with Crippen molar-refractivity contribution in [3.63, 3.8) is 0 Å². The molecule has 0 spiro atoms. The quantitative estimate of drug-likeness (QED) is 0.733. The van der Waals surface area contributed by atoms with Crippen LogP contribution in [0.3, 0.4) is 0 Å². The number of nitrogens with zero attached hydrogens (tertiary/aromatic N) is 2. The molecule has 0 unspecified atom stereocenters. The summed E-state index contributed by atoms with van der Waals surface area (Å²) in [5.41, 5.74) is 4.15. The molecule has 0 aliphatic heterocycles. The van der Waals surface area contributed by atoms with Gasteiger partial charge in [0.25, 0.3) is 5.91 Å². The third kappa shape index (κ3) is 4.51. The predicted octanol–water partition coefficient (Wildman–Crippen LogP) is 3.87. The van der Waals surface area contributed by atoms with Gasteiger partial charge in [-0.15, -0.1) is 11.3 Å². The number of carbonyl (C=O) groups is 1. The van der Waals surface area contributed by atoms with Crippen molar-refractivity contribution >= 4 is 17.2 Å². The first-order chi connectivity index (χ1) is 12.1. The number of carbonyl (C=O) groups excluding carboxylic acids is 1. The van der Waals surface area contributed by atoms with Crippen LogP contribution in [0, 0.1) is 13.8 Å². The molecule has 3 rings (SSSR count). The molecule has 25 heavy (non-hydrogen) atoms. The molecule has 0 radical (unpaired) electrons. The van der Waals surface area contributed by atoms with Crippen molar-refractivity contribution in [3.05, 3.63) is 81.1 Å². The summed E-state index contributed by atoms with van der Waals surface area (Å²) in [7, 11) is 0. The second kappa shape index (κ2) is 8.03. The van der Waals surface area contributed by atoms with E-state index in [4.69, 9.17) is 0 Å². The Morgan fingerprint density at radius 1 is 1.08 bits per heavy atom. The van der Waals surface area contributed by atoms with Gasteiger partial charge in [-0.25, -0.2) is 4.98 Å². The fraction of sp³-hybridized carbons (Fsp3) is 0.250. The number of thiazole rings is 1. The van der Waals surface area contributed by atoms with Crippen LogP contribution in [0.1, 0.15) is 37.2 Å². The highest BCUT2D eigenvalue weighted by atomic mass is 32.1. The lowest BCUT2D eigenvalue weighted by atomic mass is 10.1. The van der Waals surface area contributed by atoms with Crippen LogP contribution < -0.4 is 5.32 Å². The van der Waals surface area contributed by atoms with Gasteiger partial charge in [-0.3, -0.25) is 9.78 Å². The molecule has 2 heterocycles. The topological polar surface area (TPSA) is 54.9 Å². The lowest BCUT2D eigenvalue weighted by molar-refractivity contribution is 0.0954. The maximum absolute atomic E-state index is 12.5. The van der Waals surface area contributed by atoms with Crippen LogP contribution in [-0.2, 0) is 19.4 Å². The number of benzene rings is 1. The third-order valence-electron chi connectivity index (χ3n) is 4.07. The summed E-state index contributed by atoms with van der Waals surface area (Å²) in [6, 6.07) is 14.0. The van der Waals surface area contributed by atoms with Gasteiger partial charge in [0.15, 0.2) is 0 Å². The number of hydrogen-bond donors (Lipinski definition) is 1. The summed E-state index contributed by atoms with van der Waals surface area (Å²) in [5, 5.41) is 3.98. The summed E-state index contributed by atoms with van der Waals surface area (Å²) in [4.78, 5) is 22.1. The first kappa shape index (κ1) is 17.3. The van der Waals surface area contributed by atoms with Gasteiger partial charge in [0, 0.05) is 24.9 Å². The Labute approximate surface area is 152 Å². The highest BCUT2D eigenvalue weighted by Gasteiger charge is 2.15. The standard InChI is InChI=1S/C20H21N3OS/c1-14-7-3-4-8-16(14)13-22-20(24)19-15(2)23-18(25-19)11-10-17-9-5-6-12-21-17/h3-9,12H,10-11,13H2,1-2H3,(H,22,24). The van der Waals surface area contributed by atoms with Crippen molar-refractivity contribution in [2.24, 2.45) is 0 Å². The Bertz CT molecular complexity index is 858. The van der Waals surface area contributed by atoms with Gasteiger partial charge >= 0.3 is 0 Å².